The molecule has 3 aromatic carbocycles. The molecule has 0 radical (unpaired) electrons. The maximum Gasteiger partial charge on any atom is 0.251 e. The molecular weight excluding hydrogens is 471 g/mol. The predicted octanol–water partition coefficient (Wildman–Crippen LogP) is 7.95. The number of nitrogens with one attached hydrogen (secondary N) is 3. The normalized spacial score (nSPS) is 11.1. The van der Waals surface area contributed by atoms with E-state index in [1.54, 1.807) is 36.0 Å². The Morgan fingerprint density at radius 1 is 1.14 bits per heavy atom. The molecule has 0 aliphatic heterocycles. The Balaban J connectivity index is 1.70. The van der Waals surface area contributed by atoms with Crippen LogP contribution in [0.3, 0.4) is 0 Å². The van der Waals surface area contributed by atoms with E-state index in [4.69, 9.17) is 5.53 Å². The summed E-state index contributed by atoms with van der Waals surface area (Å²) in [4.78, 5) is 13.9. The topological polar surface area (TPSA) is 77.3 Å². The Hall–Kier alpha value is -3.45. The molecule has 5 nitrogen and oxygen atoms in total. The van der Waals surface area contributed by atoms with Crippen LogP contribution in [-0.2, 0) is 12.0 Å². The molecule has 0 saturated heterocycles. The van der Waals surface area contributed by atoms with Gasteiger partial charge < -0.3 is 10.6 Å². The van der Waals surface area contributed by atoms with Crippen LogP contribution in [0.1, 0.15) is 54.7 Å². The second-order valence-electron chi connectivity index (χ2n) is 9.28. The fourth-order valence-electron chi connectivity index (χ4n) is 4.04. The molecule has 3 aromatic rings. The van der Waals surface area contributed by atoms with Crippen molar-refractivity contribution in [2.24, 2.45) is 5.11 Å². The first-order chi connectivity index (χ1) is 17.2. The zero-order valence-electron chi connectivity index (χ0n) is 21.2. The molecule has 0 aromatic heterocycles. The lowest BCUT2D eigenvalue weighted by molar-refractivity contribution is 0.0951. The lowest BCUT2D eigenvalue weighted by Crippen LogP contribution is -2.30. The highest BCUT2D eigenvalue weighted by atomic mass is 32.2. The van der Waals surface area contributed by atoms with Gasteiger partial charge in [-0.15, -0.1) is 11.8 Å². The SMILES string of the molecule is C=C(C)c1cccc(F)c1C(C)(C)CNc1ccc(C(=O)NCc2ccc(SCC)cc2)cc1N=N. The zero-order valence-corrected chi connectivity index (χ0v) is 22.1. The summed E-state index contributed by atoms with van der Waals surface area (Å²) < 4.78 is 14.8. The molecule has 0 heterocycles. The van der Waals surface area contributed by atoms with Crippen LogP contribution in [0.25, 0.3) is 5.57 Å². The van der Waals surface area contributed by atoms with Crippen LogP contribution < -0.4 is 10.6 Å². The summed E-state index contributed by atoms with van der Waals surface area (Å²) in [6.45, 7) is 12.7. The first kappa shape index (κ1) is 27.1. The van der Waals surface area contributed by atoms with E-state index in [1.807, 2.05) is 39.0 Å². The van der Waals surface area contributed by atoms with E-state index < -0.39 is 5.41 Å². The van der Waals surface area contributed by atoms with E-state index in [1.165, 1.54) is 11.0 Å². The van der Waals surface area contributed by atoms with Gasteiger partial charge in [-0.05, 0) is 60.2 Å². The summed E-state index contributed by atoms with van der Waals surface area (Å²) >= 11 is 1.77. The van der Waals surface area contributed by atoms with Crippen molar-refractivity contribution in [1.29, 1.82) is 5.53 Å². The summed E-state index contributed by atoms with van der Waals surface area (Å²) in [5.41, 5.74) is 11.6. The first-order valence-electron chi connectivity index (χ1n) is 11.9. The minimum atomic E-state index is -0.569. The van der Waals surface area contributed by atoms with Gasteiger partial charge in [0.1, 0.15) is 11.5 Å². The molecular formula is C29H33FN4OS. The number of thioether (sulfide) groups is 1. The molecule has 0 aliphatic carbocycles. The van der Waals surface area contributed by atoms with Gasteiger partial charge in [-0.1, -0.05) is 57.2 Å². The number of allylic oxidation sites excluding steroid dienone is 1. The van der Waals surface area contributed by atoms with Gasteiger partial charge in [-0.2, -0.15) is 5.11 Å². The number of carbonyl (C=O) groups excluding carboxylic acids is 1. The Kier molecular flexibility index (Phi) is 9.04. The predicted molar refractivity (Wildman–Crippen MR) is 148 cm³/mol. The summed E-state index contributed by atoms with van der Waals surface area (Å²) in [7, 11) is 0. The lowest BCUT2D eigenvalue weighted by Gasteiger charge is -2.29. The summed E-state index contributed by atoms with van der Waals surface area (Å²) in [6, 6.07) is 18.1. The average Bonchev–Trinajstić information content (AvgIpc) is 2.86. The number of hydrogen-bond acceptors (Lipinski definition) is 5. The number of anilines is 1. The molecule has 188 valence electrons. The van der Waals surface area contributed by atoms with Gasteiger partial charge in [0.25, 0.3) is 5.91 Å². The van der Waals surface area contributed by atoms with Crippen molar-refractivity contribution >= 4 is 34.6 Å². The Morgan fingerprint density at radius 3 is 2.50 bits per heavy atom. The van der Waals surface area contributed by atoms with Gasteiger partial charge in [0.05, 0.1) is 5.69 Å². The second-order valence-corrected chi connectivity index (χ2v) is 10.6. The molecule has 36 heavy (non-hydrogen) atoms. The van der Waals surface area contributed by atoms with Gasteiger partial charge in [-0.25, -0.2) is 9.92 Å². The number of nitrogens with zero attached hydrogens (tertiary/aromatic N) is 1. The van der Waals surface area contributed by atoms with E-state index in [0.29, 0.717) is 35.6 Å². The van der Waals surface area contributed by atoms with Crippen LogP contribution in [0.5, 0.6) is 0 Å². The van der Waals surface area contributed by atoms with Crippen LogP contribution in [0, 0.1) is 11.3 Å². The highest BCUT2D eigenvalue weighted by Gasteiger charge is 2.27. The van der Waals surface area contributed by atoms with E-state index in [0.717, 1.165) is 22.5 Å². The van der Waals surface area contributed by atoms with Gasteiger partial charge in [0.15, 0.2) is 0 Å². The third-order valence-corrected chi connectivity index (χ3v) is 6.83. The number of carbonyl (C=O) groups is 1. The summed E-state index contributed by atoms with van der Waals surface area (Å²) in [5.74, 6) is 0.496. The van der Waals surface area contributed by atoms with Gasteiger partial charge in [0.2, 0.25) is 0 Å². The highest BCUT2D eigenvalue weighted by molar-refractivity contribution is 7.99. The number of halogens is 1. The third-order valence-electron chi connectivity index (χ3n) is 5.94. The fraction of sp³-hybridized carbons (Fsp3) is 0.276. The van der Waals surface area contributed by atoms with Gasteiger partial charge in [-0.3, -0.25) is 4.79 Å². The quantitative estimate of drug-likeness (QED) is 0.183. The first-order valence-corrected chi connectivity index (χ1v) is 12.8. The minimum Gasteiger partial charge on any atom is -0.382 e. The largest absolute Gasteiger partial charge is 0.382 e. The van der Waals surface area contributed by atoms with Crippen molar-refractivity contribution in [2.45, 2.75) is 44.6 Å². The maximum absolute atomic E-state index is 14.8. The molecule has 7 heteroatoms. The van der Waals surface area contributed by atoms with Crippen molar-refractivity contribution in [2.75, 3.05) is 17.6 Å². The van der Waals surface area contributed by atoms with Crippen LogP contribution in [0.2, 0.25) is 0 Å². The van der Waals surface area contributed by atoms with E-state index in [9.17, 15) is 9.18 Å². The Bertz CT molecular complexity index is 1250. The highest BCUT2D eigenvalue weighted by Crippen LogP contribution is 2.34. The summed E-state index contributed by atoms with van der Waals surface area (Å²) in [5, 5.41) is 9.82. The van der Waals surface area contributed by atoms with E-state index in [2.05, 4.69) is 41.4 Å². The van der Waals surface area contributed by atoms with E-state index >= 15 is 0 Å². The molecule has 0 atom stereocenters. The average molecular weight is 505 g/mol. The van der Waals surface area contributed by atoms with Crippen LogP contribution in [0.4, 0.5) is 15.8 Å². The maximum atomic E-state index is 14.8. The third kappa shape index (κ3) is 6.61. The molecule has 3 rings (SSSR count). The molecule has 0 bridgehead atoms. The molecule has 1 amide bonds. The molecule has 3 N–H and O–H groups in total. The molecule has 0 fully saturated rings. The number of rotatable bonds is 11. The van der Waals surface area contributed by atoms with E-state index in [-0.39, 0.29) is 11.7 Å². The Labute approximate surface area is 217 Å². The smallest absolute Gasteiger partial charge is 0.251 e. The molecule has 0 unspecified atom stereocenters. The van der Waals surface area contributed by atoms with Crippen molar-refractivity contribution in [3.8, 4) is 0 Å². The van der Waals surface area contributed by atoms with Crippen LogP contribution in [0.15, 0.2) is 77.3 Å². The number of benzene rings is 3. The number of amides is 1. The zero-order chi connectivity index (χ0) is 26.3. The van der Waals surface area contributed by atoms with Crippen molar-refractivity contribution in [3.63, 3.8) is 0 Å². The van der Waals surface area contributed by atoms with Crippen LogP contribution in [-0.4, -0.2) is 18.2 Å². The van der Waals surface area contributed by atoms with Gasteiger partial charge >= 0.3 is 0 Å². The molecule has 0 spiro atoms. The standard InChI is InChI=1S/C29H33FN4OS/c1-6-36-22-13-10-20(11-14-22)17-32-28(35)21-12-15-25(26(16-21)34-31)33-18-29(4,5)27-23(19(2)3)8-7-9-24(27)30/h7-16,31,33H,2,6,17-18H2,1,3-5H3,(H,32,35). The fourth-order valence-corrected chi connectivity index (χ4v) is 4.70. The van der Waals surface area contributed by atoms with Crippen molar-refractivity contribution in [3.05, 3.63) is 95.3 Å². The van der Waals surface area contributed by atoms with Gasteiger partial charge in [0, 0.05) is 34.5 Å². The number of hydrogen-bond donors (Lipinski definition) is 3. The van der Waals surface area contributed by atoms with Crippen molar-refractivity contribution in [1.82, 2.24) is 5.32 Å². The summed E-state index contributed by atoms with van der Waals surface area (Å²) in [6.07, 6.45) is 0. The second kappa shape index (κ2) is 12.0. The Morgan fingerprint density at radius 2 is 1.86 bits per heavy atom. The lowest BCUT2D eigenvalue weighted by atomic mass is 9.79. The van der Waals surface area contributed by atoms with Crippen LogP contribution >= 0.6 is 11.8 Å². The van der Waals surface area contributed by atoms with Crippen molar-refractivity contribution < 1.29 is 9.18 Å². The molecule has 0 saturated carbocycles. The monoisotopic (exact) mass is 504 g/mol. The molecule has 0 aliphatic rings. The minimum absolute atomic E-state index is 0.240.